The van der Waals surface area contributed by atoms with Gasteiger partial charge in [-0.1, -0.05) is 0 Å². The zero-order valence-corrected chi connectivity index (χ0v) is 19.4. The molecule has 36 heavy (non-hydrogen) atoms. The molecule has 1 aliphatic heterocycles. The van der Waals surface area contributed by atoms with Crippen molar-refractivity contribution in [3.8, 4) is 5.82 Å². The molecular weight excluding hydrogens is 479 g/mol. The van der Waals surface area contributed by atoms with Crippen molar-refractivity contribution >= 4 is 11.6 Å². The Balaban J connectivity index is 1.25. The molecule has 2 fully saturated rings. The first-order valence-corrected chi connectivity index (χ1v) is 11.5. The van der Waals surface area contributed by atoms with Crippen molar-refractivity contribution in [1.82, 2.24) is 19.7 Å². The van der Waals surface area contributed by atoms with Crippen LogP contribution in [0.15, 0.2) is 42.9 Å². The maximum Gasteiger partial charge on any atom is 0.417 e. The molecule has 1 saturated heterocycles. The summed E-state index contributed by atoms with van der Waals surface area (Å²) in [6.45, 7) is 2.74. The van der Waals surface area contributed by atoms with E-state index in [9.17, 15) is 23.1 Å². The summed E-state index contributed by atoms with van der Waals surface area (Å²) in [5.41, 5.74) is -0.412. The van der Waals surface area contributed by atoms with Crippen LogP contribution in [0.5, 0.6) is 0 Å². The first-order chi connectivity index (χ1) is 17.1. The summed E-state index contributed by atoms with van der Waals surface area (Å²) in [4.78, 5) is 21.0. The molecule has 0 radical (unpaired) electrons. The van der Waals surface area contributed by atoms with Gasteiger partial charge in [0.2, 0.25) is 0 Å². The van der Waals surface area contributed by atoms with E-state index in [1.54, 1.807) is 19.1 Å². The van der Waals surface area contributed by atoms with Crippen LogP contribution >= 0.6 is 0 Å². The summed E-state index contributed by atoms with van der Waals surface area (Å²) in [5, 5.41) is 17.9. The number of carbonyl (C=O) groups excluding carboxylic acids is 1. The third-order valence-corrected chi connectivity index (χ3v) is 6.70. The highest BCUT2D eigenvalue weighted by atomic mass is 19.4. The molecule has 0 atom stereocenters. The second kappa shape index (κ2) is 8.95. The molecule has 1 amide bonds. The first-order valence-electron chi connectivity index (χ1n) is 11.5. The predicted molar refractivity (Wildman–Crippen MR) is 120 cm³/mol. The maximum absolute atomic E-state index is 12.8. The van der Waals surface area contributed by atoms with Crippen molar-refractivity contribution in [2.75, 3.05) is 18.5 Å². The van der Waals surface area contributed by atoms with Gasteiger partial charge in [0.1, 0.15) is 5.60 Å². The molecule has 1 saturated carbocycles. The zero-order valence-electron chi connectivity index (χ0n) is 19.4. The highest BCUT2D eigenvalue weighted by molar-refractivity contribution is 6.04. The van der Waals surface area contributed by atoms with Crippen molar-refractivity contribution in [3.05, 3.63) is 65.4 Å². The Bertz CT molecular complexity index is 1240. The van der Waals surface area contributed by atoms with E-state index in [1.807, 2.05) is 0 Å². The van der Waals surface area contributed by atoms with E-state index < -0.39 is 29.0 Å². The van der Waals surface area contributed by atoms with Gasteiger partial charge >= 0.3 is 6.18 Å². The van der Waals surface area contributed by atoms with Crippen molar-refractivity contribution in [2.45, 2.75) is 50.2 Å². The van der Waals surface area contributed by atoms with Gasteiger partial charge in [-0.3, -0.25) is 9.78 Å². The van der Waals surface area contributed by atoms with Crippen LogP contribution in [-0.2, 0) is 21.3 Å². The Kier molecular flexibility index (Phi) is 6.05. The number of hydrogen-bond acceptors (Lipinski definition) is 7. The maximum atomic E-state index is 12.8. The Morgan fingerprint density at radius 1 is 1.03 bits per heavy atom. The monoisotopic (exact) mass is 503 g/mol. The van der Waals surface area contributed by atoms with Gasteiger partial charge in [-0.15, -0.1) is 0 Å². The molecule has 1 aliphatic carbocycles. The van der Waals surface area contributed by atoms with E-state index in [0.717, 1.165) is 12.3 Å². The molecule has 9 nitrogen and oxygen atoms in total. The molecule has 2 aliphatic rings. The molecule has 0 bridgehead atoms. The van der Waals surface area contributed by atoms with Gasteiger partial charge in [0, 0.05) is 19.0 Å². The van der Waals surface area contributed by atoms with E-state index >= 15 is 0 Å². The van der Waals surface area contributed by atoms with E-state index in [4.69, 9.17) is 9.47 Å². The number of ether oxygens (including phenoxy) is 2. The molecule has 12 heteroatoms. The highest BCUT2D eigenvalue weighted by Gasteiger charge is 2.46. The molecule has 3 aromatic rings. The zero-order chi connectivity index (χ0) is 25.6. The fourth-order valence-corrected chi connectivity index (χ4v) is 4.57. The van der Waals surface area contributed by atoms with Crippen LogP contribution in [0, 0.1) is 6.92 Å². The van der Waals surface area contributed by atoms with Crippen molar-refractivity contribution in [1.29, 1.82) is 0 Å². The van der Waals surface area contributed by atoms with Gasteiger partial charge in [0.15, 0.2) is 11.6 Å². The number of aromatic nitrogens is 4. The number of nitrogens with one attached hydrogen (secondary N) is 1. The minimum atomic E-state index is -4.49. The van der Waals surface area contributed by atoms with Crippen molar-refractivity contribution in [3.63, 3.8) is 0 Å². The largest absolute Gasteiger partial charge is 0.417 e. The van der Waals surface area contributed by atoms with Gasteiger partial charge < -0.3 is 19.9 Å². The summed E-state index contributed by atoms with van der Waals surface area (Å²) in [6.07, 6.45) is 1.05. The Labute approximate surface area is 204 Å². The molecule has 0 aromatic carbocycles. The lowest BCUT2D eigenvalue weighted by Gasteiger charge is -2.40. The van der Waals surface area contributed by atoms with Crippen LogP contribution < -0.4 is 5.32 Å². The lowest BCUT2D eigenvalue weighted by molar-refractivity contribution is -0.204. The molecule has 0 unspecified atom stereocenters. The lowest BCUT2D eigenvalue weighted by Crippen LogP contribution is -2.42. The molecule has 1 spiro atoms. The summed E-state index contributed by atoms with van der Waals surface area (Å²) in [7, 11) is 0. The highest BCUT2D eigenvalue weighted by Crippen LogP contribution is 2.44. The van der Waals surface area contributed by atoms with Gasteiger partial charge in [-0.2, -0.15) is 18.3 Å². The molecule has 4 heterocycles. The van der Waals surface area contributed by atoms with Crippen LogP contribution in [0.2, 0.25) is 0 Å². The summed E-state index contributed by atoms with van der Waals surface area (Å²) < 4.78 is 51.1. The topological polar surface area (TPSA) is 111 Å². The number of anilines is 1. The average molecular weight is 503 g/mol. The number of amides is 1. The van der Waals surface area contributed by atoms with Gasteiger partial charge in [0.25, 0.3) is 5.91 Å². The van der Waals surface area contributed by atoms with Gasteiger partial charge in [-0.25, -0.2) is 9.67 Å². The van der Waals surface area contributed by atoms with E-state index in [0.29, 0.717) is 56.0 Å². The average Bonchev–Trinajstić information content (AvgIpc) is 3.48. The second-order valence-electron chi connectivity index (χ2n) is 8.98. The number of hydrogen-bond donors (Lipinski definition) is 2. The van der Waals surface area contributed by atoms with E-state index in [1.165, 1.54) is 23.1 Å². The Morgan fingerprint density at radius 3 is 2.33 bits per heavy atom. The van der Waals surface area contributed by atoms with Crippen molar-refractivity contribution < 1.29 is 32.5 Å². The molecule has 5 rings (SSSR count). The molecule has 2 N–H and O–H groups in total. The van der Waals surface area contributed by atoms with Crippen LogP contribution in [0.4, 0.5) is 18.9 Å². The van der Waals surface area contributed by atoms with E-state index in [-0.39, 0.29) is 11.4 Å². The number of nitrogens with zero attached hydrogens (tertiary/aromatic N) is 4. The number of pyridine rings is 2. The Morgan fingerprint density at radius 2 is 1.75 bits per heavy atom. The standard InChI is InChI=1S/C24H24F3N5O4/c1-15-18(14-30-32(15)20-5-2-16(12-29-20)24(25,26)27)21(33)31-17-3-4-19(28-13-17)22(34)6-8-23(9-7-22)35-10-11-36-23/h2-5,12-14,34H,6-11H2,1H3,(H,31,33). The third kappa shape index (κ3) is 4.59. The number of aliphatic hydroxyl groups is 1. The van der Waals surface area contributed by atoms with Gasteiger partial charge in [-0.05, 0) is 44.0 Å². The number of alkyl halides is 3. The molecule has 3 aromatic heterocycles. The predicted octanol–water partition coefficient (Wildman–Crippen LogP) is 3.75. The summed E-state index contributed by atoms with van der Waals surface area (Å²) in [6, 6.07) is 5.43. The van der Waals surface area contributed by atoms with Crippen molar-refractivity contribution in [2.24, 2.45) is 0 Å². The summed E-state index contributed by atoms with van der Waals surface area (Å²) in [5.74, 6) is -0.909. The molecular formula is C24H24F3N5O4. The first kappa shape index (κ1) is 24.3. The molecule has 190 valence electrons. The number of carbonyl (C=O) groups is 1. The normalized spacial score (nSPS) is 18.9. The SMILES string of the molecule is Cc1c(C(=O)Nc2ccc(C3(O)CCC4(CC3)OCCO4)nc2)cnn1-c1ccc(C(F)(F)F)cn1. The smallest absolute Gasteiger partial charge is 0.384 e. The summed E-state index contributed by atoms with van der Waals surface area (Å²) >= 11 is 0. The third-order valence-electron chi connectivity index (χ3n) is 6.70. The number of halogens is 3. The van der Waals surface area contributed by atoms with Crippen LogP contribution in [0.25, 0.3) is 5.82 Å². The quantitative estimate of drug-likeness (QED) is 0.558. The van der Waals surface area contributed by atoms with Gasteiger partial charge in [0.05, 0.1) is 53.8 Å². The second-order valence-corrected chi connectivity index (χ2v) is 8.98. The minimum Gasteiger partial charge on any atom is -0.384 e. The minimum absolute atomic E-state index is 0.154. The fourth-order valence-electron chi connectivity index (χ4n) is 4.57. The number of rotatable bonds is 4. The fraction of sp³-hybridized carbons (Fsp3) is 0.417. The van der Waals surface area contributed by atoms with E-state index in [2.05, 4.69) is 20.4 Å². The van der Waals surface area contributed by atoms with Crippen LogP contribution in [0.1, 0.15) is 53.0 Å². The lowest BCUT2D eigenvalue weighted by atomic mass is 9.79. The Hall–Kier alpha value is -3.35. The van der Waals surface area contributed by atoms with Crippen LogP contribution in [-0.4, -0.2) is 49.8 Å². The van der Waals surface area contributed by atoms with Crippen LogP contribution in [0.3, 0.4) is 0 Å².